The zero-order valence-corrected chi connectivity index (χ0v) is 13.2. The molecule has 122 valence electrons. The molecule has 0 aliphatic carbocycles. The second-order valence-electron chi connectivity index (χ2n) is 5.80. The largest absolute Gasteiger partial charge is 0.347 e. The fourth-order valence-corrected chi connectivity index (χ4v) is 3.13. The molecule has 3 aromatic rings. The summed E-state index contributed by atoms with van der Waals surface area (Å²) in [6.07, 6.45) is 7.89. The highest BCUT2D eigenvalue weighted by Gasteiger charge is 2.26. The smallest absolute Gasteiger partial charge is 0.243 e. The highest BCUT2D eigenvalue weighted by Crippen LogP contribution is 2.23. The number of benzene rings is 1. The second kappa shape index (κ2) is 6.27. The summed E-state index contributed by atoms with van der Waals surface area (Å²) in [5.74, 6) is 1.68. The van der Waals surface area contributed by atoms with Gasteiger partial charge in [0.2, 0.25) is 5.91 Å². The van der Waals surface area contributed by atoms with Gasteiger partial charge in [-0.15, -0.1) is 0 Å². The van der Waals surface area contributed by atoms with Gasteiger partial charge in [0.25, 0.3) is 0 Å². The minimum atomic E-state index is -0.190. The van der Waals surface area contributed by atoms with Gasteiger partial charge in [0.15, 0.2) is 5.82 Å². The Hall–Kier alpha value is -2.96. The fourth-order valence-electron chi connectivity index (χ4n) is 3.13. The SMILES string of the molecule is O=C(NCc1ncnn1-c1ccccc1)C1CCCc2nccn21. The van der Waals surface area contributed by atoms with E-state index in [9.17, 15) is 4.79 Å². The van der Waals surface area contributed by atoms with Crippen LogP contribution in [0.3, 0.4) is 0 Å². The van der Waals surface area contributed by atoms with Crippen molar-refractivity contribution >= 4 is 5.91 Å². The lowest BCUT2D eigenvalue weighted by Gasteiger charge is -2.24. The van der Waals surface area contributed by atoms with Crippen LogP contribution in [-0.2, 0) is 17.8 Å². The number of carbonyl (C=O) groups is 1. The summed E-state index contributed by atoms with van der Waals surface area (Å²) in [4.78, 5) is 21.2. The first-order chi connectivity index (χ1) is 11.8. The molecule has 0 bridgehead atoms. The van der Waals surface area contributed by atoms with Gasteiger partial charge in [-0.3, -0.25) is 4.79 Å². The van der Waals surface area contributed by atoms with E-state index >= 15 is 0 Å². The standard InChI is InChI=1S/C17H18N6O/c24-17(14-7-4-8-15-18-9-10-22(14)15)19-11-16-20-12-21-23(16)13-5-2-1-3-6-13/h1-3,5-6,9-10,12,14H,4,7-8,11H2,(H,19,24). The molecule has 0 radical (unpaired) electrons. The van der Waals surface area contributed by atoms with Crippen LogP contribution >= 0.6 is 0 Å². The summed E-state index contributed by atoms with van der Waals surface area (Å²) in [5, 5.41) is 7.23. The van der Waals surface area contributed by atoms with Gasteiger partial charge >= 0.3 is 0 Å². The highest BCUT2D eigenvalue weighted by atomic mass is 16.2. The predicted molar refractivity (Wildman–Crippen MR) is 87.4 cm³/mol. The summed E-state index contributed by atoms with van der Waals surface area (Å²) in [5.41, 5.74) is 0.925. The number of nitrogens with one attached hydrogen (secondary N) is 1. The van der Waals surface area contributed by atoms with Crippen LogP contribution in [0.2, 0.25) is 0 Å². The van der Waals surface area contributed by atoms with E-state index in [1.165, 1.54) is 6.33 Å². The Balaban J connectivity index is 1.47. The van der Waals surface area contributed by atoms with Crippen LogP contribution in [0.15, 0.2) is 49.1 Å². The van der Waals surface area contributed by atoms with Gasteiger partial charge in [0.1, 0.15) is 18.2 Å². The molecule has 4 rings (SSSR count). The number of nitrogens with zero attached hydrogens (tertiary/aromatic N) is 5. The molecule has 2 aromatic heterocycles. The third-order valence-electron chi connectivity index (χ3n) is 4.31. The topological polar surface area (TPSA) is 77.6 Å². The molecule has 0 saturated carbocycles. The maximum absolute atomic E-state index is 12.6. The van der Waals surface area contributed by atoms with Crippen LogP contribution < -0.4 is 5.32 Å². The first kappa shape index (κ1) is 14.6. The summed E-state index contributed by atoms with van der Waals surface area (Å²) in [7, 11) is 0. The van der Waals surface area contributed by atoms with Gasteiger partial charge < -0.3 is 9.88 Å². The average molecular weight is 322 g/mol. The number of imidazole rings is 1. The minimum absolute atomic E-state index is 0.00318. The lowest BCUT2D eigenvalue weighted by atomic mass is 10.0. The van der Waals surface area contributed by atoms with Crippen molar-refractivity contribution in [2.75, 3.05) is 0 Å². The average Bonchev–Trinajstić information content (AvgIpc) is 3.29. The molecule has 1 aliphatic heterocycles. The Morgan fingerprint density at radius 2 is 2.12 bits per heavy atom. The monoisotopic (exact) mass is 322 g/mol. The minimum Gasteiger partial charge on any atom is -0.347 e. The third kappa shape index (κ3) is 2.68. The lowest BCUT2D eigenvalue weighted by molar-refractivity contribution is -0.125. The summed E-state index contributed by atoms with van der Waals surface area (Å²) >= 11 is 0. The number of rotatable bonds is 4. The molecule has 0 spiro atoms. The number of carbonyl (C=O) groups excluding carboxylic acids is 1. The van der Waals surface area contributed by atoms with Crippen LogP contribution in [0.5, 0.6) is 0 Å². The van der Waals surface area contributed by atoms with Gasteiger partial charge in [-0.1, -0.05) is 18.2 Å². The first-order valence-corrected chi connectivity index (χ1v) is 8.06. The number of fused-ring (bicyclic) bond motifs is 1. The van der Waals surface area contributed by atoms with Gasteiger partial charge in [0.05, 0.1) is 12.2 Å². The molecule has 1 N–H and O–H groups in total. The zero-order valence-electron chi connectivity index (χ0n) is 13.2. The fraction of sp³-hybridized carbons (Fsp3) is 0.294. The van der Waals surface area contributed by atoms with Gasteiger partial charge in [0, 0.05) is 18.8 Å². The molecule has 1 unspecified atom stereocenters. The highest BCUT2D eigenvalue weighted by molar-refractivity contribution is 5.80. The summed E-state index contributed by atoms with van der Waals surface area (Å²) < 4.78 is 3.71. The van der Waals surface area contributed by atoms with Crippen LogP contribution in [0.4, 0.5) is 0 Å². The number of aryl methyl sites for hydroxylation is 1. The number of hydrogen-bond donors (Lipinski definition) is 1. The summed E-state index contributed by atoms with van der Waals surface area (Å²) in [6.45, 7) is 0.342. The van der Waals surface area contributed by atoms with Crippen LogP contribution in [0, 0.1) is 0 Å². The molecule has 7 nitrogen and oxygen atoms in total. The number of aromatic nitrogens is 5. The van der Waals surface area contributed by atoms with E-state index < -0.39 is 0 Å². The molecular weight excluding hydrogens is 304 g/mol. The molecule has 1 aliphatic rings. The van der Waals surface area contributed by atoms with Crippen molar-refractivity contribution in [1.29, 1.82) is 0 Å². The van der Waals surface area contributed by atoms with Crippen LogP contribution in [0.25, 0.3) is 5.69 Å². The number of hydrogen-bond acceptors (Lipinski definition) is 4. The third-order valence-corrected chi connectivity index (χ3v) is 4.31. The normalized spacial score (nSPS) is 16.6. The predicted octanol–water partition coefficient (Wildman–Crippen LogP) is 1.66. The van der Waals surface area contributed by atoms with Crippen molar-refractivity contribution < 1.29 is 4.79 Å². The molecule has 1 amide bonds. The molecular formula is C17H18N6O. The van der Waals surface area contributed by atoms with Crippen molar-refractivity contribution in [3.63, 3.8) is 0 Å². The van der Waals surface area contributed by atoms with Crippen LogP contribution in [-0.4, -0.2) is 30.2 Å². The number of amides is 1. The zero-order chi connectivity index (χ0) is 16.4. The van der Waals surface area contributed by atoms with Crippen LogP contribution in [0.1, 0.15) is 30.5 Å². The van der Waals surface area contributed by atoms with E-state index in [2.05, 4.69) is 20.4 Å². The lowest BCUT2D eigenvalue weighted by Crippen LogP contribution is -2.35. The Kier molecular flexibility index (Phi) is 3.82. The molecule has 24 heavy (non-hydrogen) atoms. The van der Waals surface area contributed by atoms with Crippen molar-refractivity contribution in [3.05, 3.63) is 60.7 Å². The van der Waals surface area contributed by atoms with Gasteiger partial charge in [-0.05, 0) is 25.0 Å². The van der Waals surface area contributed by atoms with Crippen molar-refractivity contribution in [2.45, 2.75) is 31.8 Å². The van der Waals surface area contributed by atoms with E-state index in [0.29, 0.717) is 12.4 Å². The Morgan fingerprint density at radius 3 is 3.00 bits per heavy atom. The van der Waals surface area contributed by atoms with Crippen molar-refractivity contribution in [2.24, 2.45) is 0 Å². The van der Waals surface area contributed by atoms with E-state index in [4.69, 9.17) is 0 Å². The Labute approximate surface area is 139 Å². The van der Waals surface area contributed by atoms with Crippen molar-refractivity contribution in [3.8, 4) is 5.69 Å². The quantitative estimate of drug-likeness (QED) is 0.792. The maximum atomic E-state index is 12.6. The Bertz CT molecular complexity index is 838. The Morgan fingerprint density at radius 1 is 1.25 bits per heavy atom. The second-order valence-corrected chi connectivity index (χ2v) is 5.80. The van der Waals surface area contributed by atoms with E-state index in [1.807, 2.05) is 41.1 Å². The summed E-state index contributed by atoms with van der Waals surface area (Å²) in [6, 6.07) is 9.57. The van der Waals surface area contributed by atoms with E-state index in [-0.39, 0.29) is 11.9 Å². The molecule has 7 heteroatoms. The maximum Gasteiger partial charge on any atom is 0.243 e. The molecule has 1 aromatic carbocycles. The first-order valence-electron chi connectivity index (χ1n) is 8.06. The number of para-hydroxylation sites is 1. The molecule has 0 saturated heterocycles. The molecule has 3 heterocycles. The van der Waals surface area contributed by atoms with Gasteiger partial charge in [-0.25, -0.2) is 14.6 Å². The molecule has 0 fully saturated rings. The van der Waals surface area contributed by atoms with Crippen molar-refractivity contribution in [1.82, 2.24) is 29.6 Å². The molecule has 1 atom stereocenters. The van der Waals surface area contributed by atoms with E-state index in [1.54, 1.807) is 10.9 Å². The van der Waals surface area contributed by atoms with E-state index in [0.717, 1.165) is 30.8 Å². The van der Waals surface area contributed by atoms with Gasteiger partial charge in [-0.2, -0.15) is 5.10 Å².